The number of amides is 1. The second-order valence-electron chi connectivity index (χ2n) is 7.06. The molecular weight excluding hydrogens is 348 g/mol. The van der Waals surface area contributed by atoms with Gasteiger partial charge in [0, 0.05) is 6.61 Å². The van der Waals surface area contributed by atoms with Crippen molar-refractivity contribution in [2.45, 2.75) is 45.3 Å². The number of ether oxygens (including phenoxy) is 3. The molecule has 1 heterocycles. The highest BCUT2D eigenvalue weighted by Crippen LogP contribution is 2.17. The fourth-order valence-corrected chi connectivity index (χ4v) is 2.49. The average molecular weight is 374 g/mol. The minimum atomic E-state index is -1.01. The normalized spacial score (nSPS) is 18.4. The fraction of sp³-hybridized carbons (Fsp3) is 0.550. The van der Waals surface area contributed by atoms with E-state index < -0.39 is 24.0 Å². The molecule has 1 N–H and O–H groups in total. The summed E-state index contributed by atoms with van der Waals surface area (Å²) < 4.78 is 16.2. The maximum atomic E-state index is 12.1. The lowest BCUT2D eigenvalue weighted by atomic mass is 9.90. The second kappa shape index (κ2) is 9.38. The summed E-state index contributed by atoms with van der Waals surface area (Å²) in [4.78, 5) is 24.0. The fourth-order valence-electron chi connectivity index (χ4n) is 2.49. The van der Waals surface area contributed by atoms with Gasteiger partial charge in [0.2, 0.25) is 0 Å². The molecule has 2 atom stereocenters. The van der Waals surface area contributed by atoms with Gasteiger partial charge in [0.25, 0.3) is 5.91 Å². The monoisotopic (exact) mass is 374 g/mol. The van der Waals surface area contributed by atoms with Crippen molar-refractivity contribution in [1.29, 1.82) is 5.26 Å². The molecule has 0 spiro atoms. The summed E-state index contributed by atoms with van der Waals surface area (Å²) in [6, 6.07) is 8.59. The van der Waals surface area contributed by atoms with Gasteiger partial charge in [0.1, 0.15) is 17.9 Å². The Balaban J connectivity index is 1.80. The molecule has 1 fully saturated rings. The molecule has 1 aromatic carbocycles. The largest absolute Gasteiger partial charge is 0.491 e. The molecule has 0 aliphatic carbocycles. The van der Waals surface area contributed by atoms with E-state index in [2.05, 4.69) is 11.4 Å². The Hall–Kier alpha value is -2.59. The Morgan fingerprint density at radius 3 is 2.63 bits per heavy atom. The molecule has 1 aliphatic heterocycles. The first kappa shape index (κ1) is 20.7. The second-order valence-corrected chi connectivity index (χ2v) is 7.06. The standard InChI is InChI=1S/C20H26N2O5/c1-14(2)20(3,13-21)22-18(23)12-27-19(24)15-6-8-16(9-7-15)26-11-17-5-4-10-25-17/h6-9,14,17H,4-5,10-12H2,1-3H3,(H,22,23)/t17-,20-/m0/s1. The molecule has 1 aromatic rings. The van der Waals surface area contributed by atoms with Gasteiger partial charge in [0.05, 0.1) is 17.7 Å². The van der Waals surface area contributed by atoms with Crippen LogP contribution in [-0.2, 0) is 14.3 Å². The third-order valence-corrected chi connectivity index (χ3v) is 4.67. The Labute approximate surface area is 159 Å². The summed E-state index contributed by atoms with van der Waals surface area (Å²) in [5.41, 5.74) is -0.690. The van der Waals surface area contributed by atoms with E-state index >= 15 is 0 Å². The lowest BCUT2D eigenvalue weighted by Gasteiger charge is -2.27. The molecule has 7 nitrogen and oxygen atoms in total. The molecule has 1 aliphatic rings. The Morgan fingerprint density at radius 2 is 2.07 bits per heavy atom. The maximum Gasteiger partial charge on any atom is 0.338 e. The van der Waals surface area contributed by atoms with Gasteiger partial charge in [-0.3, -0.25) is 4.79 Å². The Morgan fingerprint density at radius 1 is 1.37 bits per heavy atom. The van der Waals surface area contributed by atoms with Crippen molar-refractivity contribution >= 4 is 11.9 Å². The van der Waals surface area contributed by atoms with Crippen LogP contribution >= 0.6 is 0 Å². The lowest BCUT2D eigenvalue weighted by Crippen LogP contribution is -2.50. The number of nitrogens with zero attached hydrogens (tertiary/aromatic N) is 1. The van der Waals surface area contributed by atoms with Crippen LogP contribution in [0.2, 0.25) is 0 Å². The first-order valence-electron chi connectivity index (χ1n) is 9.08. The zero-order chi connectivity index (χ0) is 19.9. The number of hydrogen-bond donors (Lipinski definition) is 1. The van der Waals surface area contributed by atoms with Gasteiger partial charge in [-0.1, -0.05) is 13.8 Å². The zero-order valence-electron chi connectivity index (χ0n) is 16.0. The zero-order valence-corrected chi connectivity index (χ0v) is 16.0. The van der Waals surface area contributed by atoms with Crippen LogP contribution in [0.3, 0.4) is 0 Å². The molecule has 0 unspecified atom stereocenters. The van der Waals surface area contributed by atoms with Crippen molar-refractivity contribution in [2.24, 2.45) is 5.92 Å². The Kier molecular flexibility index (Phi) is 7.19. The molecule has 0 aromatic heterocycles. The first-order valence-corrected chi connectivity index (χ1v) is 9.08. The molecule has 0 radical (unpaired) electrons. The summed E-state index contributed by atoms with van der Waals surface area (Å²) in [6.07, 6.45) is 2.17. The van der Waals surface area contributed by atoms with Crippen LogP contribution in [-0.4, -0.2) is 43.3 Å². The number of rotatable bonds is 8. The highest BCUT2D eigenvalue weighted by atomic mass is 16.5. The average Bonchev–Trinajstić information content (AvgIpc) is 3.18. The predicted molar refractivity (Wildman–Crippen MR) is 98.2 cm³/mol. The summed E-state index contributed by atoms with van der Waals surface area (Å²) in [6.45, 7) is 6.11. The quantitative estimate of drug-likeness (QED) is 0.702. The molecule has 0 bridgehead atoms. The lowest BCUT2D eigenvalue weighted by molar-refractivity contribution is -0.125. The number of nitrogens with one attached hydrogen (secondary N) is 1. The van der Waals surface area contributed by atoms with E-state index in [-0.39, 0.29) is 12.0 Å². The van der Waals surface area contributed by atoms with Crippen LogP contribution in [0.5, 0.6) is 5.75 Å². The van der Waals surface area contributed by atoms with E-state index in [9.17, 15) is 14.9 Å². The van der Waals surface area contributed by atoms with Gasteiger partial charge < -0.3 is 19.5 Å². The van der Waals surface area contributed by atoms with Gasteiger partial charge in [0.15, 0.2) is 6.61 Å². The third-order valence-electron chi connectivity index (χ3n) is 4.67. The van der Waals surface area contributed by atoms with Crippen molar-refractivity contribution in [3.05, 3.63) is 29.8 Å². The van der Waals surface area contributed by atoms with E-state index in [1.54, 1.807) is 31.2 Å². The molecule has 146 valence electrons. The van der Waals surface area contributed by atoms with Crippen molar-refractivity contribution in [3.8, 4) is 11.8 Å². The molecular formula is C20H26N2O5. The Bertz CT molecular complexity index is 689. The van der Waals surface area contributed by atoms with Crippen molar-refractivity contribution in [1.82, 2.24) is 5.32 Å². The molecule has 1 amide bonds. The molecule has 0 saturated carbocycles. The molecule has 27 heavy (non-hydrogen) atoms. The summed E-state index contributed by atoms with van der Waals surface area (Å²) in [5.74, 6) is -0.567. The van der Waals surface area contributed by atoms with Crippen LogP contribution in [0.25, 0.3) is 0 Å². The van der Waals surface area contributed by atoms with Gasteiger partial charge in [-0.15, -0.1) is 0 Å². The minimum absolute atomic E-state index is 0.0793. The number of carbonyl (C=O) groups excluding carboxylic acids is 2. The molecule has 1 saturated heterocycles. The minimum Gasteiger partial charge on any atom is -0.491 e. The van der Waals surface area contributed by atoms with Crippen LogP contribution < -0.4 is 10.1 Å². The summed E-state index contributed by atoms with van der Waals surface area (Å²) >= 11 is 0. The first-order chi connectivity index (χ1) is 12.8. The predicted octanol–water partition coefficient (Wildman–Crippen LogP) is 2.46. The molecule has 7 heteroatoms. The SMILES string of the molecule is CC(C)[C@](C)(C#N)NC(=O)COC(=O)c1ccc(OC[C@@H]2CCCO2)cc1. The number of benzene rings is 1. The maximum absolute atomic E-state index is 12.1. The smallest absolute Gasteiger partial charge is 0.338 e. The number of hydrogen-bond acceptors (Lipinski definition) is 6. The van der Waals surface area contributed by atoms with Gasteiger partial charge >= 0.3 is 5.97 Å². The van der Waals surface area contributed by atoms with Crippen LogP contribution in [0.15, 0.2) is 24.3 Å². The van der Waals surface area contributed by atoms with E-state index in [0.29, 0.717) is 17.9 Å². The number of nitriles is 1. The van der Waals surface area contributed by atoms with Gasteiger partial charge in [-0.05, 0) is 49.9 Å². The van der Waals surface area contributed by atoms with E-state index in [1.807, 2.05) is 13.8 Å². The van der Waals surface area contributed by atoms with Crippen LogP contribution in [0, 0.1) is 17.2 Å². The van der Waals surface area contributed by atoms with Crippen LogP contribution in [0.1, 0.15) is 44.0 Å². The van der Waals surface area contributed by atoms with Crippen molar-refractivity contribution < 1.29 is 23.8 Å². The van der Waals surface area contributed by atoms with E-state index in [1.165, 1.54) is 0 Å². The summed E-state index contributed by atoms with van der Waals surface area (Å²) in [5, 5.41) is 11.8. The van der Waals surface area contributed by atoms with E-state index in [4.69, 9.17) is 14.2 Å². The third kappa shape index (κ3) is 5.97. The van der Waals surface area contributed by atoms with Gasteiger partial charge in [-0.2, -0.15) is 5.26 Å². The van der Waals surface area contributed by atoms with Crippen LogP contribution in [0.4, 0.5) is 0 Å². The van der Waals surface area contributed by atoms with Gasteiger partial charge in [-0.25, -0.2) is 4.79 Å². The molecule has 2 rings (SSSR count). The highest BCUT2D eigenvalue weighted by molar-refractivity contribution is 5.91. The van der Waals surface area contributed by atoms with Crippen molar-refractivity contribution in [2.75, 3.05) is 19.8 Å². The van der Waals surface area contributed by atoms with E-state index in [0.717, 1.165) is 19.4 Å². The number of carbonyl (C=O) groups is 2. The van der Waals surface area contributed by atoms with Crippen molar-refractivity contribution in [3.63, 3.8) is 0 Å². The number of esters is 1. The summed E-state index contributed by atoms with van der Waals surface area (Å²) in [7, 11) is 0. The highest BCUT2D eigenvalue weighted by Gasteiger charge is 2.30. The topological polar surface area (TPSA) is 97.7 Å².